The van der Waals surface area contributed by atoms with Crippen molar-refractivity contribution in [2.45, 2.75) is 83.0 Å². The van der Waals surface area contributed by atoms with E-state index in [2.05, 4.69) is 13.8 Å². The molecule has 0 amide bonds. The SMILES string of the molecule is C[C@@]12CC[C@@H](O)C[C@@H]1CC[C@@H]1[C@@H]2CC[C@@]2(C)[C@@H](C3=CC(=O)OC3)[C@@H](O)C[C@]12O. The van der Waals surface area contributed by atoms with Crippen molar-refractivity contribution in [1.29, 1.82) is 0 Å². The lowest BCUT2D eigenvalue weighted by molar-refractivity contribution is -0.208. The second kappa shape index (κ2) is 6.05. The third-order valence-corrected chi connectivity index (χ3v) is 9.92. The highest BCUT2D eigenvalue weighted by Crippen LogP contribution is 2.69. The smallest absolute Gasteiger partial charge is 0.331 e. The lowest BCUT2D eigenvalue weighted by Crippen LogP contribution is -2.62. The van der Waals surface area contributed by atoms with Crippen LogP contribution in [0.15, 0.2) is 11.6 Å². The van der Waals surface area contributed by atoms with Gasteiger partial charge in [-0.3, -0.25) is 0 Å². The van der Waals surface area contributed by atoms with Crippen LogP contribution in [0.3, 0.4) is 0 Å². The summed E-state index contributed by atoms with van der Waals surface area (Å²) in [5.41, 5.74) is -0.301. The summed E-state index contributed by atoms with van der Waals surface area (Å²) in [4.78, 5) is 11.7. The van der Waals surface area contributed by atoms with Crippen molar-refractivity contribution in [2.24, 2.45) is 34.5 Å². The normalized spacial score (nSPS) is 55.8. The van der Waals surface area contributed by atoms with Gasteiger partial charge < -0.3 is 20.1 Å². The first kappa shape index (κ1) is 19.1. The van der Waals surface area contributed by atoms with Gasteiger partial charge in [0.05, 0.1) is 17.8 Å². The maximum absolute atomic E-state index is 12.1. The van der Waals surface area contributed by atoms with Crippen LogP contribution in [0.5, 0.6) is 0 Å². The molecule has 28 heavy (non-hydrogen) atoms. The third-order valence-electron chi connectivity index (χ3n) is 9.92. The first-order valence-corrected chi connectivity index (χ1v) is 11.1. The van der Waals surface area contributed by atoms with E-state index in [9.17, 15) is 20.1 Å². The summed E-state index contributed by atoms with van der Waals surface area (Å²) in [6.45, 7) is 4.77. The summed E-state index contributed by atoms with van der Waals surface area (Å²) in [6, 6.07) is 0. The molecule has 156 valence electrons. The quantitative estimate of drug-likeness (QED) is 0.599. The summed E-state index contributed by atoms with van der Waals surface area (Å²) in [6.07, 6.45) is 7.87. The first-order chi connectivity index (χ1) is 13.2. The fourth-order valence-electron chi connectivity index (χ4n) is 8.47. The Hall–Kier alpha value is -0.910. The van der Waals surface area contributed by atoms with Crippen molar-refractivity contribution in [2.75, 3.05) is 6.61 Å². The lowest BCUT2D eigenvalue weighted by atomic mass is 9.43. The van der Waals surface area contributed by atoms with Crippen LogP contribution in [0.1, 0.15) is 65.2 Å². The topological polar surface area (TPSA) is 87.0 Å². The predicted octanol–water partition coefficient (Wildman–Crippen LogP) is 2.58. The first-order valence-electron chi connectivity index (χ1n) is 11.1. The summed E-state index contributed by atoms with van der Waals surface area (Å²) in [5.74, 6) is 0.627. The lowest BCUT2D eigenvalue weighted by Gasteiger charge is -2.63. The Morgan fingerprint density at radius 3 is 2.57 bits per heavy atom. The number of cyclic esters (lactones) is 1. The molecule has 1 aliphatic heterocycles. The molecule has 0 radical (unpaired) electrons. The largest absolute Gasteiger partial charge is 0.458 e. The Labute approximate surface area is 167 Å². The van der Waals surface area contributed by atoms with Crippen LogP contribution in [-0.4, -0.2) is 45.7 Å². The average molecular weight is 391 g/mol. The van der Waals surface area contributed by atoms with Gasteiger partial charge >= 0.3 is 5.97 Å². The van der Waals surface area contributed by atoms with E-state index in [1.54, 1.807) is 0 Å². The van der Waals surface area contributed by atoms with E-state index >= 15 is 0 Å². The molecule has 5 heteroatoms. The van der Waals surface area contributed by atoms with Gasteiger partial charge in [-0.15, -0.1) is 0 Å². The van der Waals surface area contributed by atoms with Gasteiger partial charge in [-0.1, -0.05) is 13.8 Å². The molecule has 5 aliphatic rings. The second-order valence-electron chi connectivity index (χ2n) is 10.9. The van der Waals surface area contributed by atoms with Crippen LogP contribution in [0, 0.1) is 34.5 Å². The van der Waals surface area contributed by atoms with Crippen molar-refractivity contribution in [1.82, 2.24) is 0 Å². The Bertz CT molecular complexity index is 718. The molecule has 3 N–H and O–H groups in total. The van der Waals surface area contributed by atoms with Crippen LogP contribution < -0.4 is 0 Å². The van der Waals surface area contributed by atoms with E-state index in [0.29, 0.717) is 18.3 Å². The van der Waals surface area contributed by atoms with Crippen LogP contribution in [0.2, 0.25) is 0 Å². The molecule has 0 bridgehead atoms. The second-order valence-corrected chi connectivity index (χ2v) is 10.9. The molecular formula is C23H34O5. The fraction of sp³-hybridized carbons (Fsp3) is 0.870. The summed E-state index contributed by atoms with van der Waals surface area (Å²) >= 11 is 0. The fourth-order valence-corrected chi connectivity index (χ4v) is 8.47. The number of aliphatic hydroxyl groups excluding tert-OH is 2. The molecule has 5 nitrogen and oxygen atoms in total. The summed E-state index contributed by atoms with van der Waals surface area (Å²) < 4.78 is 5.14. The third kappa shape index (κ3) is 2.33. The van der Waals surface area contributed by atoms with Gasteiger partial charge in [0.2, 0.25) is 0 Å². The number of carbonyl (C=O) groups is 1. The van der Waals surface area contributed by atoms with Crippen molar-refractivity contribution in [3.8, 4) is 0 Å². The minimum atomic E-state index is -0.906. The minimum Gasteiger partial charge on any atom is -0.458 e. The molecular weight excluding hydrogens is 356 g/mol. The van der Waals surface area contributed by atoms with Crippen LogP contribution in [0.4, 0.5) is 0 Å². The van der Waals surface area contributed by atoms with Crippen molar-refractivity contribution < 1.29 is 24.9 Å². The van der Waals surface area contributed by atoms with Crippen LogP contribution >= 0.6 is 0 Å². The van der Waals surface area contributed by atoms with Crippen LogP contribution in [0.25, 0.3) is 0 Å². The van der Waals surface area contributed by atoms with E-state index in [-0.39, 0.29) is 35.9 Å². The van der Waals surface area contributed by atoms with E-state index in [4.69, 9.17) is 4.74 Å². The number of aliphatic hydroxyl groups is 3. The zero-order chi connectivity index (χ0) is 19.9. The van der Waals surface area contributed by atoms with Crippen molar-refractivity contribution in [3.63, 3.8) is 0 Å². The molecule has 0 aromatic heterocycles. The number of fused-ring (bicyclic) bond motifs is 5. The molecule has 4 aliphatic carbocycles. The highest BCUT2D eigenvalue weighted by molar-refractivity contribution is 5.85. The molecule has 5 rings (SSSR count). The molecule has 1 heterocycles. The molecule has 0 unspecified atom stereocenters. The molecule has 9 atom stereocenters. The number of carbonyl (C=O) groups excluding carboxylic acids is 1. The number of rotatable bonds is 1. The number of ether oxygens (including phenoxy) is 1. The highest BCUT2D eigenvalue weighted by atomic mass is 16.5. The molecule has 0 spiro atoms. The maximum Gasteiger partial charge on any atom is 0.331 e. The number of hydrogen-bond acceptors (Lipinski definition) is 5. The van der Waals surface area contributed by atoms with E-state index < -0.39 is 17.1 Å². The molecule has 0 aromatic carbocycles. The minimum absolute atomic E-state index is 0.170. The highest BCUT2D eigenvalue weighted by Gasteiger charge is 2.70. The van der Waals surface area contributed by atoms with Gasteiger partial charge in [0.25, 0.3) is 0 Å². The summed E-state index contributed by atoms with van der Waals surface area (Å²) in [7, 11) is 0. The molecule has 4 fully saturated rings. The van der Waals surface area contributed by atoms with Crippen molar-refractivity contribution in [3.05, 3.63) is 11.6 Å². The molecule has 0 saturated heterocycles. The summed E-state index contributed by atoms with van der Waals surface area (Å²) in [5, 5.41) is 33.3. The number of esters is 1. The van der Waals surface area contributed by atoms with Gasteiger partial charge in [0.15, 0.2) is 0 Å². The monoisotopic (exact) mass is 390 g/mol. The zero-order valence-electron chi connectivity index (χ0n) is 17.1. The predicted molar refractivity (Wildman–Crippen MR) is 103 cm³/mol. The van der Waals surface area contributed by atoms with Gasteiger partial charge in [-0.05, 0) is 73.7 Å². The van der Waals surface area contributed by atoms with E-state index in [1.165, 1.54) is 6.08 Å². The van der Waals surface area contributed by atoms with Crippen molar-refractivity contribution >= 4 is 5.97 Å². The standard InChI is InChI=1S/C23H34O5/c1-21-7-5-15(24)10-14(21)3-4-17-16(21)6-8-22(2)20(13-9-19(26)28-12-13)18(25)11-23(17,22)27/h9,14-18,20,24-25,27H,3-8,10-12H2,1-2H3/t14-,15+,16-,17+,18-,20-,21+,22-,23-/m0/s1. The molecule has 4 saturated carbocycles. The number of hydrogen-bond donors (Lipinski definition) is 3. The van der Waals surface area contributed by atoms with Gasteiger partial charge in [0.1, 0.15) is 6.61 Å². The van der Waals surface area contributed by atoms with E-state index in [1.807, 2.05) is 0 Å². The zero-order valence-corrected chi connectivity index (χ0v) is 17.1. The van der Waals surface area contributed by atoms with E-state index in [0.717, 1.165) is 50.5 Å². The van der Waals surface area contributed by atoms with Gasteiger partial charge in [-0.25, -0.2) is 4.79 Å². The molecule has 0 aromatic rings. The average Bonchev–Trinajstić information content (AvgIpc) is 3.13. The van der Waals surface area contributed by atoms with Gasteiger partial charge in [-0.2, -0.15) is 0 Å². The maximum atomic E-state index is 12.1. The van der Waals surface area contributed by atoms with Gasteiger partial charge in [0, 0.05) is 23.8 Å². The Morgan fingerprint density at radius 1 is 1.07 bits per heavy atom. The van der Waals surface area contributed by atoms with Crippen LogP contribution in [-0.2, 0) is 9.53 Å². The Balaban J connectivity index is 1.50. The Morgan fingerprint density at radius 2 is 1.86 bits per heavy atom. The Kier molecular flexibility index (Phi) is 4.12.